The first-order valence-corrected chi connectivity index (χ1v) is 9.75. The molecule has 26 heavy (non-hydrogen) atoms. The van der Waals surface area contributed by atoms with Crippen LogP contribution in [0, 0.1) is 0 Å². The number of ether oxygens (including phenoxy) is 1. The van der Waals surface area contributed by atoms with Gasteiger partial charge in [-0.1, -0.05) is 12.1 Å². The van der Waals surface area contributed by atoms with Crippen LogP contribution in [0.3, 0.4) is 0 Å². The van der Waals surface area contributed by atoms with E-state index in [2.05, 4.69) is 5.32 Å². The van der Waals surface area contributed by atoms with Crippen LogP contribution in [-0.4, -0.2) is 50.4 Å². The number of hydrogen-bond acceptors (Lipinski definition) is 6. The van der Waals surface area contributed by atoms with Crippen LogP contribution >= 0.6 is 11.3 Å². The van der Waals surface area contributed by atoms with E-state index in [1.54, 1.807) is 29.6 Å². The Labute approximate surface area is 155 Å². The number of hydrogen-bond donors (Lipinski definition) is 2. The normalized spacial score (nSPS) is 11.3. The molecule has 0 saturated carbocycles. The van der Waals surface area contributed by atoms with Gasteiger partial charge in [0.15, 0.2) is 6.61 Å². The SMILES string of the molecule is CN(C)S(=O)(=O)c1ccsc1C(=O)NCc1cccc(OCC(=O)O)c1. The van der Waals surface area contributed by atoms with Crippen LogP contribution in [0.4, 0.5) is 0 Å². The summed E-state index contributed by atoms with van der Waals surface area (Å²) in [6, 6.07) is 8.02. The summed E-state index contributed by atoms with van der Waals surface area (Å²) in [6.07, 6.45) is 0. The number of amides is 1. The number of carbonyl (C=O) groups is 2. The molecule has 0 aliphatic heterocycles. The molecule has 0 aliphatic rings. The molecule has 1 aromatic heterocycles. The highest BCUT2D eigenvalue weighted by Gasteiger charge is 2.25. The van der Waals surface area contributed by atoms with Crippen LogP contribution in [0.5, 0.6) is 5.75 Å². The molecule has 1 heterocycles. The highest BCUT2D eigenvalue weighted by Crippen LogP contribution is 2.24. The third-order valence-corrected chi connectivity index (χ3v) is 6.21. The number of aliphatic carboxylic acids is 1. The van der Waals surface area contributed by atoms with E-state index in [9.17, 15) is 18.0 Å². The van der Waals surface area contributed by atoms with Crippen molar-refractivity contribution in [2.75, 3.05) is 20.7 Å². The molecule has 0 aliphatic carbocycles. The van der Waals surface area contributed by atoms with Gasteiger partial charge >= 0.3 is 5.97 Å². The molecule has 1 aromatic carbocycles. The van der Waals surface area contributed by atoms with Crippen molar-refractivity contribution in [1.29, 1.82) is 0 Å². The van der Waals surface area contributed by atoms with Crippen molar-refractivity contribution >= 4 is 33.2 Å². The first kappa shape index (κ1) is 19.9. The number of carbonyl (C=O) groups excluding carboxylic acids is 1. The molecule has 10 heteroatoms. The van der Waals surface area contributed by atoms with Crippen molar-refractivity contribution in [2.45, 2.75) is 11.4 Å². The fraction of sp³-hybridized carbons (Fsp3) is 0.250. The second kappa shape index (κ2) is 8.30. The fourth-order valence-corrected chi connectivity index (χ4v) is 4.23. The summed E-state index contributed by atoms with van der Waals surface area (Å²) >= 11 is 1.04. The van der Waals surface area contributed by atoms with E-state index in [0.29, 0.717) is 11.3 Å². The summed E-state index contributed by atoms with van der Waals surface area (Å²) in [6.45, 7) is -0.320. The van der Waals surface area contributed by atoms with Crippen LogP contribution in [0.25, 0.3) is 0 Å². The molecule has 0 saturated heterocycles. The number of carboxylic acid groups (broad SMARTS) is 1. The molecule has 1 amide bonds. The minimum absolute atomic E-state index is 0.0384. The highest BCUT2D eigenvalue weighted by molar-refractivity contribution is 7.89. The molecule has 0 spiro atoms. The number of benzene rings is 1. The standard InChI is InChI=1S/C16H18N2O6S2/c1-18(2)26(22,23)13-6-7-25-15(13)16(21)17-9-11-4-3-5-12(8-11)24-10-14(19)20/h3-8H,9-10H2,1-2H3,(H,17,21)(H,19,20). The zero-order chi connectivity index (χ0) is 19.3. The fourth-order valence-electron chi connectivity index (χ4n) is 2.02. The maximum absolute atomic E-state index is 12.4. The molecule has 0 bridgehead atoms. The third kappa shape index (κ3) is 4.81. The molecule has 140 valence electrons. The summed E-state index contributed by atoms with van der Waals surface area (Å²) < 4.78 is 30.6. The lowest BCUT2D eigenvalue weighted by Gasteiger charge is -2.12. The van der Waals surface area contributed by atoms with Gasteiger partial charge in [0.25, 0.3) is 5.91 Å². The van der Waals surface area contributed by atoms with Gasteiger partial charge in [-0.05, 0) is 29.1 Å². The van der Waals surface area contributed by atoms with Crippen LogP contribution in [0.2, 0.25) is 0 Å². The van der Waals surface area contributed by atoms with Gasteiger partial charge in [-0.15, -0.1) is 11.3 Å². The number of thiophene rings is 1. The third-order valence-electron chi connectivity index (χ3n) is 3.31. The second-order valence-electron chi connectivity index (χ2n) is 5.41. The van der Waals surface area contributed by atoms with E-state index < -0.39 is 28.5 Å². The largest absolute Gasteiger partial charge is 0.482 e. The molecular weight excluding hydrogens is 380 g/mol. The minimum Gasteiger partial charge on any atom is -0.482 e. The quantitative estimate of drug-likeness (QED) is 0.695. The van der Waals surface area contributed by atoms with E-state index >= 15 is 0 Å². The van der Waals surface area contributed by atoms with Gasteiger partial charge < -0.3 is 15.2 Å². The summed E-state index contributed by atoms with van der Waals surface area (Å²) in [7, 11) is -0.907. The minimum atomic E-state index is -3.71. The molecule has 0 atom stereocenters. The first-order chi connectivity index (χ1) is 12.2. The van der Waals surface area contributed by atoms with Crippen LogP contribution in [-0.2, 0) is 21.4 Å². The van der Waals surface area contributed by atoms with Crippen molar-refractivity contribution < 1.29 is 27.9 Å². The molecular formula is C16H18N2O6S2. The first-order valence-electron chi connectivity index (χ1n) is 7.43. The number of rotatable bonds is 8. The average molecular weight is 398 g/mol. The summed E-state index contributed by atoms with van der Waals surface area (Å²) in [5.41, 5.74) is 0.690. The maximum Gasteiger partial charge on any atom is 0.341 e. The Hall–Kier alpha value is -2.43. The van der Waals surface area contributed by atoms with Gasteiger partial charge in [0.2, 0.25) is 10.0 Å². The summed E-state index contributed by atoms with van der Waals surface area (Å²) in [4.78, 5) is 23.0. The van der Waals surface area contributed by atoms with Crippen molar-refractivity contribution in [1.82, 2.24) is 9.62 Å². The lowest BCUT2D eigenvalue weighted by atomic mass is 10.2. The van der Waals surface area contributed by atoms with E-state index in [1.165, 1.54) is 20.2 Å². The number of sulfonamides is 1. The number of carboxylic acids is 1. The van der Waals surface area contributed by atoms with Gasteiger partial charge in [-0.25, -0.2) is 17.5 Å². The Morgan fingerprint density at radius 1 is 1.27 bits per heavy atom. The Bertz CT molecular complexity index is 905. The van der Waals surface area contributed by atoms with E-state index in [1.807, 2.05) is 0 Å². The molecule has 2 N–H and O–H groups in total. The van der Waals surface area contributed by atoms with Crippen molar-refractivity contribution in [3.05, 3.63) is 46.2 Å². The average Bonchev–Trinajstić information content (AvgIpc) is 3.08. The predicted octanol–water partition coefficient (Wildman–Crippen LogP) is 1.39. The smallest absolute Gasteiger partial charge is 0.341 e. The van der Waals surface area contributed by atoms with Crippen LogP contribution < -0.4 is 10.1 Å². The molecule has 8 nitrogen and oxygen atoms in total. The highest BCUT2D eigenvalue weighted by atomic mass is 32.2. The van der Waals surface area contributed by atoms with Crippen LogP contribution in [0.15, 0.2) is 40.6 Å². The Morgan fingerprint density at radius 3 is 2.65 bits per heavy atom. The monoisotopic (exact) mass is 398 g/mol. The lowest BCUT2D eigenvalue weighted by Crippen LogP contribution is -2.27. The van der Waals surface area contributed by atoms with Crippen molar-refractivity contribution in [2.24, 2.45) is 0 Å². The van der Waals surface area contributed by atoms with Crippen molar-refractivity contribution in [3.63, 3.8) is 0 Å². The molecule has 2 rings (SSSR count). The van der Waals surface area contributed by atoms with E-state index in [-0.39, 0.29) is 16.3 Å². The molecule has 2 aromatic rings. The summed E-state index contributed by atoms with van der Waals surface area (Å²) in [5, 5.41) is 12.8. The zero-order valence-electron chi connectivity index (χ0n) is 14.1. The summed E-state index contributed by atoms with van der Waals surface area (Å²) in [5.74, 6) is -1.22. The van der Waals surface area contributed by atoms with Crippen molar-refractivity contribution in [3.8, 4) is 5.75 Å². The zero-order valence-corrected chi connectivity index (χ0v) is 15.8. The van der Waals surface area contributed by atoms with E-state index in [4.69, 9.17) is 9.84 Å². The van der Waals surface area contributed by atoms with E-state index in [0.717, 1.165) is 15.6 Å². The second-order valence-corrected chi connectivity index (χ2v) is 8.45. The van der Waals surface area contributed by atoms with Gasteiger partial charge in [0, 0.05) is 20.6 Å². The van der Waals surface area contributed by atoms with Crippen LogP contribution in [0.1, 0.15) is 15.2 Å². The number of nitrogens with one attached hydrogen (secondary N) is 1. The Morgan fingerprint density at radius 2 is 2.00 bits per heavy atom. The van der Waals surface area contributed by atoms with Gasteiger partial charge in [-0.2, -0.15) is 0 Å². The molecule has 0 radical (unpaired) electrons. The number of nitrogens with zero attached hydrogens (tertiary/aromatic N) is 1. The van der Waals surface area contributed by atoms with Gasteiger partial charge in [0.1, 0.15) is 15.5 Å². The van der Waals surface area contributed by atoms with Gasteiger partial charge in [0.05, 0.1) is 0 Å². The molecule has 0 fully saturated rings. The lowest BCUT2D eigenvalue weighted by molar-refractivity contribution is -0.139. The Kier molecular flexibility index (Phi) is 6.35. The maximum atomic E-state index is 12.4. The topological polar surface area (TPSA) is 113 Å². The Balaban J connectivity index is 2.08. The molecule has 0 unspecified atom stereocenters. The predicted molar refractivity (Wildman–Crippen MR) is 95.9 cm³/mol. The van der Waals surface area contributed by atoms with Gasteiger partial charge in [-0.3, -0.25) is 4.79 Å².